The van der Waals surface area contributed by atoms with Crippen molar-refractivity contribution in [1.29, 1.82) is 0 Å². The minimum atomic E-state index is -0.00748. The second kappa shape index (κ2) is 5.47. The number of rotatable bonds is 2. The maximum absolute atomic E-state index is 12.4. The smallest absolute Gasteiger partial charge is 0.317 e. The van der Waals surface area contributed by atoms with Crippen molar-refractivity contribution in [3.05, 3.63) is 22.4 Å². The van der Waals surface area contributed by atoms with Crippen molar-refractivity contribution in [3.63, 3.8) is 0 Å². The summed E-state index contributed by atoms with van der Waals surface area (Å²) in [7, 11) is 0. The highest BCUT2D eigenvalue weighted by molar-refractivity contribution is 9.10. The van der Waals surface area contributed by atoms with Gasteiger partial charge in [-0.15, -0.1) is 0 Å². The lowest BCUT2D eigenvalue weighted by Crippen LogP contribution is -2.50. The van der Waals surface area contributed by atoms with Gasteiger partial charge in [0.15, 0.2) is 0 Å². The van der Waals surface area contributed by atoms with E-state index in [1.54, 1.807) is 12.3 Å². The second-order valence-electron chi connectivity index (χ2n) is 5.20. The fraction of sp³-hybridized carbons (Fsp3) is 0.538. The largest absolute Gasteiger partial charge is 0.356 e. The number of nitrogens with one attached hydrogen (secondary N) is 2. The molecule has 0 radical (unpaired) electrons. The summed E-state index contributed by atoms with van der Waals surface area (Å²) in [4.78, 5) is 30.8. The first-order chi connectivity index (χ1) is 9.65. The van der Waals surface area contributed by atoms with E-state index in [9.17, 15) is 9.59 Å². The molecule has 7 heteroatoms. The molecule has 108 valence electrons. The van der Waals surface area contributed by atoms with E-state index in [1.165, 1.54) is 0 Å². The van der Waals surface area contributed by atoms with Crippen molar-refractivity contribution in [2.45, 2.75) is 18.9 Å². The van der Waals surface area contributed by atoms with Gasteiger partial charge in [-0.3, -0.25) is 4.79 Å². The van der Waals surface area contributed by atoms with E-state index < -0.39 is 0 Å². The molecule has 3 heterocycles. The number of aromatic nitrogens is 1. The average molecular weight is 341 g/mol. The standard InChI is InChI=1S/C13H17BrN4O2/c14-9-6-11(16-7-9)12(19)17-4-1-2-10(8-17)18-5-3-15-13(18)20/h6-7,10,16H,1-5,8H2,(H,15,20). The number of urea groups is 1. The van der Waals surface area contributed by atoms with E-state index in [4.69, 9.17) is 0 Å². The van der Waals surface area contributed by atoms with Crippen LogP contribution in [0.1, 0.15) is 23.3 Å². The van der Waals surface area contributed by atoms with E-state index in [0.717, 1.165) is 30.4 Å². The van der Waals surface area contributed by atoms with Crippen molar-refractivity contribution in [3.8, 4) is 0 Å². The third-order valence-corrected chi connectivity index (χ3v) is 4.35. The Hall–Kier alpha value is -1.50. The Kier molecular flexibility index (Phi) is 3.69. The Bertz CT molecular complexity index is 530. The van der Waals surface area contributed by atoms with Crippen LogP contribution >= 0.6 is 15.9 Å². The van der Waals surface area contributed by atoms with Crippen molar-refractivity contribution in [2.75, 3.05) is 26.2 Å². The van der Waals surface area contributed by atoms with E-state index in [1.807, 2.05) is 9.80 Å². The highest BCUT2D eigenvalue weighted by Gasteiger charge is 2.33. The molecule has 1 unspecified atom stereocenters. The molecule has 0 bridgehead atoms. The van der Waals surface area contributed by atoms with Crippen LogP contribution in [0.3, 0.4) is 0 Å². The monoisotopic (exact) mass is 340 g/mol. The van der Waals surface area contributed by atoms with Crippen LogP contribution in [0.25, 0.3) is 0 Å². The summed E-state index contributed by atoms with van der Waals surface area (Å²) in [6.45, 7) is 2.80. The molecule has 1 aromatic rings. The number of piperidine rings is 1. The zero-order chi connectivity index (χ0) is 14.1. The normalized spacial score (nSPS) is 23.1. The van der Waals surface area contributed by atoms with Gasteiger partial charge in [0.2, 0.25) is 0 Å². The van der Waals surface area contributed by atoms with Crippen LogP contribution in [0.15, 0.2) is 16.7 Å². The van der Waals surface area contributed by atoms with Gasteiger partial charge in [-0.1, -0.05) is 0 Å². The summed E-state index contributed by atoms with van der Waals surface area (Å²) in [5, 5.41) is 2.82. The van der Waals surface area contributed by atoms with Crippen LogP contribution < -0.4 is 5.32 Å². The molecule has 0 aliphatic carbocycles. The molecule has 1 atom stereocenters. The molecule has 0 aromatic carbocycles. The number of nitrogens with zero attached hydrogens (tertiary/aromatic N) is 2. The average Bonchev–Trinajstić information content (AvgIpc) is 3.07. The molecule has 3 amide bonds. The Labute approximate surface area is 125 Å². The first-order valence-electron chi connectivity index (χ1n) is 6.83. The van der Waals surface area contributed by atoms with Crippen LogP contribution in [0.5, 0.6) is 0 Å². The number of likely N-dealkylation sites (tertiary alicyclic amines) is 1. The molecule has 2 fully saturated rings. The Morgan fingerprint density at radius 3 is 2.90 bits per heavy atom. The SMILES string of the molecule is O=C(c1cc(Br)c[nH]1)N1CCCC(N2CCNC2=O)C1. The third kappa shape index (κ3) is 2.54. The second-order valence-corrected chi connectivity index (χ2v) is 6.12. The molecule has 2 aliphatic heterocycles. The Morgan fingerprint density at radius 1 is 1.40 bits per heavy atom. The summed E-state index contributed by atoms with van der Waals surface area (Å²) < 4.78 is 0.869. The van der Waals surface area contributed by atoms with E-state index >= 15 is 0 Å². The van der Waals surface area contributed by atoms with Crippen LogP contribution in [0, 0.1) is 0 Å². The van der Waals surface area contributed by atoms with Crippen molar-refractivity contribution >= 4 is 27.9 Å². The predicted molar refractivity (Wildman–Crippen MR) is 77.5 cm³/mol. The van der Waals surface area contributed by atoms with Gasteiger partial charge in [-0.2, -0.15) is 0 Å². The predicted octanol–water partition coefficient (Wildman–Crippen LogP) is 1.41. The molecular formula is C13H17BrN4O2. The topological polar surface area (TPSA) is 68.4 Å². The number of aromatic amines is 1. The molecule has 0 saturated carbocycles. The minimum absolute atomic E-state index is 0.00000472. The Morgan fingerprint density at radius 2 is 2.25 bits per heavy atom. The van der Waals surface area contributed by atoms with Gasteiger partial charge in [0.1, 0.15) is 5.69 Å². The van der Waals surface area contributed by atoms with E-state index in [0.29, 0.717) is 18.8 Å². The maximum Gasteiger partial charge on any atom is 0.317 e. The van der Waals surface area contributed by atoms with Crippen LogP contribution in [0.4, 0.5) is 4.79 Å². The minimum Gasteiger partial charge on any atom is -0.356 e. The van der Waals surface area contributed by atoms with E-state index in [2.05, 4.69) is 26.2 Å². The first kappa shape index (κ1) is 13.5. The van der Waals surface area contributed by atoms with Gasteiger partial charge in [0.25, 0.3) is 5.91 Å². The van der Waals surface area contributed by atoms with Gasteiger partial charge >= 0.3 is 6.03 Å². The number of carbonyl (C=O) groups is 2. The van der Waals surface area contributed by atoms with Crippen molar-refractivity contribution in [1.82, 2.24) is 20.1 Å². The molecular weight excluding hydrogens is 324 g/mol. The number of carbonyl (C=O) groups excluding carboxylic acids is 2. The van der Waals surface area contributed by atoms with Gasteiger partial charge in [0.05, 0.1) is 6.04 Å². The first-order valence-corrected chi connectivity index (χ1v) is 7.62. The fourth-order valence-corrected chi connectivity index (χ4v) is 3.23. The van der Waals surface area contributed by atoms with Gasteiger partial charge in [-0.25, -0.2) is 4.79 Å². The Balaban J connectivity index is 1.68. The molecule has 2 aliphatic rings. The van der Waals surface area contributed by atoms with Crippen molar-refractivity contribution < 1.29 is 9.59 Å². The summed E-state index contributed by atoms with van der Waals surface area (Å²) in [5.41, 5.74) is 0.586. The maximum atomic E-state index is 12.4. The lowest BCUT2D eigenvalue weighted by atomic mass is 10.0. The van der Waals surface area contributed by atoms with Crippen molar-refractivity contribution in [2.24, 2.45) is 0 Å². The molecule has 3 rings (SSSR count). The number of hydrogen-bond acceptors (Lipinski definition) is 2. The van der Waals surface area contributed by atoms with Gasteiger partial charge < -0.3 is 20.1 Å². The number of halogens is 1. The summed E-state index contributed by atoms with van der Waals surface area (Å²) in [6, 6.07) is 1.91. The summed E-state index contributed by atoms with van der Waals surface area (Å²) in [5.74, 6) is 0.00000472. The van der Waals surface area contributed by atoms with Gasteiger partial charge in [0, 0.05) is 36.8 Å². The van der Waals surface area contributed by atoms with E-state index in [-0.39, 0.29) is 18.0 Å². The summed E-state index contributed by atoms with van der Waals surface area (Å²) in [6.07, 6.45) is 3.65. The number of H-pyrrole nitrogens is 1. The molecule has 2 N–H and O–H groups in total. The summed E-state index contributed by atoms with van der Waals surface area (Å²) >= 11 is 3.33. The highest BCUT2D eigenvalue weighted by atomic mass is 79.9. The molecule has 1 aromatic heterocycles. The van der Waals surface area contributed by atoms with Crippen LogP contribution in [-0.4, -0.2) is 58.9 Å². The van der Waals surface area contributed by atoms with Gasteiger partial charge in [-0.05, 0) is 34.8 Å². The molecule has 20 heavy (non-hydrogen) atoms. The quantitative estimate of drug-likeness (QED) is 0.854. The lowest BCUT2D eigenvalue weighted by Gasteiger charge is -2.36. The molecule has 0 spiro atoms. The van der Waals surface area contributed by atoms with Crippen LogP contribution in [-0.2, 0) is 0 Å². The lowest BCUT2D eigenvalue weighted by molar-refractivity contribution is 0.0629. The zero-order valence-electron chi connectivity index (χ0n) is 11.1. The fourth-order valence-electron chi connectivity index (χ4n) is 2.89. The zero-order valence-corrected chi connectivity index (χ0v) is 12.6. The highest BCUT2D eigenvalue weighted by Crippen LogP contribution is 2.20. The number of amides is 3. The number of hydrogen-bond donors (Lipinski definition) is 2. The van der Waals surface area contributed by atoms with Crippen LogP contribution in [0.2, 0.25) is 0 Å². The molecule has 6 nitrogen and oxygen atoms in total. The third-order valence-electron chi connectivity index (χ3n) is 3.89. The molecule has 2 saturated heterocycles.